The smallest absolute Gasteiger partial charge is 0.335 e. The molecule has 0 bridgehead atoms. The highest BCUT2D eigenvalue weighted by Crippen LogP contribution is 2.23. The SMILES string of the molecule is COc1ccc(S(=O)(=O)CCCCCCCOc2ccc(OCc3cccc(C(=O)O)c3)nc2C=CC(=O)O)cc1. The number of methoxy groups -OCH3 is 1. The van der Waals surface area contributed by atoms with E-state index < -0.39 is 21.8 Å². The maximum Gasteiger partial charge on any atom is 0.335 e. The number of hydrogen-bond donors (Lipinski definition) is 2. The molecule has 0 spiro atoms. The van der Waals surface area contributed by atoms with Crippen LogP contribution in [-0.2, 0) is 21.2 Å². The zero-order chi connectivity index (χ0) is 29.7. The molecule has 3 rings (SSSR count). The Labute approximate surface area is 239 Å². The van der Waals surface area contributed by atoms with Gasteiger partial charge in [-0.25, -0.2) is 23.0 Å². The highest BCUT2D eigenvalue weighted by atomic mass is 32.2. The Hall–Kier alpha value is -4.38. The molecule has 0 aliphatic carbocycles. The Morgan fingerprint density at radius 1 is 0.902 bits per heavy atom. The normalized spacial score (nSPS) is 11.3. The largest absolute Gasteiger partial charge is 0.497 e. The van der Waals surface area contributed by atoms with Crippen LogP contribution in [0.2, 0.25) is 0 Å². The summed E-state index contributed by atoms with van der Waals surface area (Å²) in [6.07, 6.45) is 6.02. The fraction of sp³-hybridized carbons (Fsp3) is 0.300. The van der Waals surface area contributed by atoms with Crippen molar-refractivity contribution in [1.29, 1.82) is 0 Å². The van der Waals surface area contributed by atoms with Gasteiger partial charge in [-0.3, -0.25) is 0 Å². The van der Waals surface area contributed by atoms with Crippen LogP contribution in [0, 0.1) is 0 Å². The number of carboxylic acid groups (broad SMARTS) is 2. The van der Waals surface area contributed by atoms with E-state index in [1.807, 2.05) is 0 Å². The van der Waals surface area contributed by atoms with Gasteiger partial charge >= 0.3 is 11.9 Å². The lowest BCUT2D eigenvalue weighted by Crippen LogP contribution is -2.07. The van der Waals surface area contributed by atoms with Gasteiger partial charge in [0.05, 0.1) is 29.9 Å². The van der Waals surface area contributed by atoms with Gasteiger partial charge in [0, 0.05) is 12.1 Å². The van der Waals surface area contributed by atoms with Crippen molar-refractivity contribution in [3.05, 3.63) is 83.6 Å². The minimum Gasteiger partial charge on any atom is -0.497 e. The van der Waals surface area contributed by atoms with Crippen LogP contribution in [0.25, 0.3) is 6.08 Å². The number of carbonyl (C=O) groups is 2. The molecule has 0 aliphatic heterocycles. The van der Waals surface area contributed by atoms with Gasteiger partial charge in [-0.15, -0.1) is 0 Å². The number of benzene rings is 2. The molecule has 218 valence electrons. The molecule has 0 amide bonds. The summed E-state index contributed by atoms with van der Waals surface area (Å²) in [7, 11) is -1.80. The van der Waals surface area contributed by atoms with E-state index in [1.54, 1.807) is 48.5 Å². The van der Waals surface area contributed by atoms with Gasteiger partial charge in [-0.2, -0.15) is 0 Å². The molecule has 0 unspecified atom stereocenters. The zero-order valence-electron chi connectivity index (χ0n) is 22.7. The van der Waals surface area contributed by atoms with Crippen LogP contribution in [0.5, 0.6) is 17.4 Å². The Morgan fingerprint density at radius 2 is 1.63 bits per heavy atom. The number of hydrogen-bond acceptors (Lipinski definition) is 8. The molecule has 1 aromatic heterocycles. The van der Waals surface area contributed by atoms with Crippen LogP contribution in [-0.4, -0.2) is 55.0 Å². The third-order valence-corrected chi connectivity index (χ3v) is 7.85. The molecule has 2 aromatic carbocycles. The minimum absolute atomic E-state index is 0.0812. The molecule has 2 N–H and O–H groups in total. The van der Waals surface area contributed by atoms with E-state index in [0.29, 0.717) is 30.1 Å². The highest BCUT2D eigenvalue weighted by molar-refractivity contribution is 7.91. The van der Waals surface area contributed by atoms with Crippen molar-refractivity contribution in [3.8, 4) is 17.4 Å². The second-order valence-electron chi connectivity index (χ2n) is 9.11. The number of aliphatic carboxylic acids is 1. The first-order valence-electron chi connectivity index (χ1n) is 13.0. The number of nitrogens with zero attached hydrogens (tertiary/aromatic N) is 1. The van der Waals surface area contributed by atoms with E-state index in [1.165, 1.54) is 25.3 Å². The summed E-state index contributed by atoms with van der Waals surface area (Å²) in [4.78, 5) is 26.8. The van der Waals surface area contributed by atoms with Crippen LogP contribution in [0.15, 0.2) is 71.6 Å². The van der Waals surface area contributed by atoms with E-state index in [9.17, 15) is 18.0 Å². The van der Waals surface area contributed by atoms with Crippen molar-refractivity contribution in [2.24, 2.45) is 0 Å². The number of unbranched alkanes of at least 4 members (excludes halogenated alkanes) is 4. The highest BCUT2D eigenvalue weighted by Gasteiger charge is 2.14. The predicted octanol–water partition coefficient (Wildman–Crippen LogP) is 5.27. The Bertz CT molecular complexity index is 1450. The number of ether oxygens (including phenoxy) is 3. The molecule has 0 saturated heterocycles. The Balaban J connectivity index is 1.45. The van der Waals surface area contributed by atoms with Crippen molar-refractivity contribution < 1.29 is 42.4 Å². The van der Waals surface area contributed by atoms with Crippen molar-refractivity contribution in [2.75, 3.05) is 19.5 Å². The van der Waals surface area contributed by atoms with E-state index in [4.69, 9.17) is 24.4 Å². The number of aromatic nitrogens is 1. The molecule has 1 heterocycles. The first-order valence-corrected chi connectivity index (χ1v) is 14.7. The van der Waals surface area contributed by atoms with E-state index >= 15 is 0 Å². The number of carboxylic acids is 2. The van der Waals surface area contributed by atoms with Gasteiger partial charge in [0.2, 0.25) is 5.88 Å². The summed E-state index contributed by atoms with van der Waals surface area (Å²) in [5.41, 5.74) is 1.08. The second kappa shape index (κ2) is 15.4. The molecule has 41 heavy (non-hydrogen) atoms. The summed E-state index contributed by atoms with van der Waals surface area (Å²) in [5, 5.41) is 18.2. The van der Waals surface area contributed by atoms with E-state index in [-0.39, 0.29) is 34.4 Å². The van der Waals surface area contributed by atoms with Crippen molar-refractivity contribution >= 4 is 27.9 Å². The van der Waals surface area contributed by atoms with Crippen LogP contribution in [0.3, 0.4) is 0 Å². The lowest BCUT2D eigenvalue weighted by atomic mass is 10.1. The average Bonchev–Trinajstić information content (AvgIpc) is 2.97. The van der Waals surface area contributed by atoms with Gasteiger partial charge in [0.1, 0.15) is 23.8 Å². The van der Waals surface area contributed by atoms with Crippen molar-refractivity contribution in [1.82, 2.24) is 4.98 Å². The summed E-state index contributed by atoms with van der Waals surface area (Å²) >= 11 is 0. The average molecular weight is 584 g/mol. The Morgan fingerprint density at radius 3 is 2.34 bits per heavy atom. The lowest BCUT2D eigenvalue weighted by Gasteiger charge is -2.11. The van der Waals surface area contributed by atoms with Crippen LogP contribution < -0.4 is 14.2 Å². The van der Waals surface area contributed by atoms with Gasteiger partial charge in [0.25, 0.3) is 0 Å². The Kier molecular flexibility index (Phi) is 11.7. The molecule has 0 atom stereocenters. The standard InChI is InChI=1S/C30H33NO9S/c1-38-24-10-12-25(13-11-24)41(36,37)19-6-4-2-3-5-18-39-27-15-16-28(31-26(27)14-17-29(32)33)40-21-22-8-7-9-23(20-22)30(34)35/h7-17,20H,2-6,18-19,21H2,1H3,(H,32,33)(H,34,35). The fourth-order valence-electron chi connectivity index (χ4n) is 3.87. The first-order chi connectivity index (χ1) is 19.7. The van der Waals surface area contributed by atoms with Crippen molar-refractivity contribution in [2.45, 2.75) is 43.6 Å². The number of aromatic carboxylic acids is 1. The van der Waals surface area contributed by atoms with E-state index in [0.717, 1.165) is 31.8 Å². The third-order valence-electron chi connectivity index (χ3n) is 6.04. The molecule has 0 aliphatic rings. The molecule has 0 fully saturated rings. The first kappa shape index (κ1) is 31.2. The molecular weight excluding hydrogens is 550 g/mol. The van der Waals surface area contributed by atoms with Crippen LogP contribution >= 0.6 is 0 Å². The van der Waals surface area contributed by atoms with Crippen LogP contribution in [0.1, 0.15) is 53.7 Å². The molecule has 10 nitrogen and oxygen atoms in total. The molecule has 0 radical (unpaired) electrons. The number of rotatable bonds is 17. The fourth-order valence-corrected chi connectivity index (χ4v) is 5.25. The van der Waals surface area contributed by atoms with Gasteiger partial charge in [0.15, 0.2) is 9.84 Å². The summed E-state index contributed by atoms with van der Waals surface area (Å²) < 4.78 is 41.6. The predicted molar refractivity (Wildman–Crippen MR) is 152 cm³/mol. The second-order valence-corrected chi connectivity index (χ2v) is 11.2. The maximum atomic E-state index is 12.5. The maximum absolute atomic E-state index is 12.5. The number of sulfone groups is 1. The summed E-state index contributed by atoms with van der Waals surface area (Å²) in [6, 6.07) is 16.0. The molecule has 11 heteroatoms. The number of pyridine rings is 1. The zero-order valence-corrected chi connectivity index (χ0v) is 23.5. The van der Waals surface area contributed by atoms with Gasteiger partial charge in [-0.05, 0) is 66.9 Å². The quantitative estimate of drug-likeness (QED) is 0.159. The third kappa shape index (κ3) is 10.3. The molecular formula is C30H33NO9S. The minimum atomic E-state index is -3.33. The van der Waals surface area contributed by atoms with Gasteiger partial charge in [-0.1, -0.05) is 31.4 Å². The topological polar surface area (TPSA) is 149 Å². The molecule has 0 saturated carbocycles. The monoisotopic (exact) mass is 583 g/mol. The summed E-state index contributed by atoms with van der Waals surface area (Å²) in [5.74, 6) is -0.855. The van der Waals surface area contributed by atoms with Gasteiger partial charge < -0.3 is 24.4 Å². The van der Waals surface area contributed by atoms with Crippen LogP contribution in [0.4, 0.5) is 0 Å². The van der Waals surface area contributed by atoms with Crippen molar-refractivity contribution in [3.63, 3.8) is 0 Å². The summed E-state index contributed by atoms with van der Waals surface area (Å²) in [6.45, 7) is 0.458. The molecule has 3 aromatic rings. The lowest BCUT2D eigenvalue weighted by molar-refractivity contribution is -0.131. The van der Waals surface area contributed by atoms with E-state index in [2.05, 4.69) is 4.98 Å².